The smallest absolute Gasteiger partial charge is 0.233 e. The molecule has 0 saturated carbocycles. The Labute approximate surface area is 145 Å². The number of rotatable bonds is 6. The molecule has 2 fully saturated rings. The summed E-state index contributed by atoms with van der Waals surface area (Å²) in [6, 6.07) is -0.259. The Balaban J connectivity index is 1.66. The van der Waals surface area contributed by atoms with Crippen molar-refractivity contribution in [2.45, 2.75) is 36.6 Å². The lowest BCUT2D eigenvalue weighted by Gasteiger charge is -2.30. The van der Waals surface area contributed by atoms with Crippen molar-refractivity contribution in [1.82, 2.24) is 25.1 Å². The van der Waals surface area contributed by atoms with E-state index in [2.05, 4.69) is 15.5 Å². The molecule has 3 rings (SSSR count). The Morgan fingerprint density at radius 1 is 1.46 bits per heavy atom. The van der Waals surface area contributed by atoms with Gasteiger partial charge in [-0.25, -0.2) is 13.1 Å². The van der Waals surface area contributed by atoms with Gasteiger partial charge in [0, 0.05) is 26.2 Å². The van der Waals surface area contributed by atoms with Crippen LogP contribution in [0.3, 0.4) is 0 Å². The molecule has 2 aliphatic heterocycles. The molecular formula is C13H21N5O4S2. The van der Waals surface area contributed by atoms with Crippen LogP contribution < -0.4 is 0 Å². The number of aromatic nitrogens is 4. The predicted octanol–water partition coefficient (Wildman–Crippen LogP) is -0.503. The van der Waals surface area contributed by atoms with Crippen LogP contribution in [-0.2, 0) is 26.4 Å². The predicted molar refractivity (Wildman–Crippen MR) is 87.3 cm³/mol. The highest BCUT2D eigenvalue weighted by molar-refractivity contribution is 7.99. The summed E-state index contributed by atoms with van der Waals surface area (Å²) < 4.78 is 30.7. The molecule has 11 heteroatoms. The third-order valence-electron chi connectivity index (χ3n) is 4.30. The zero-order valence-corrected chi connectivity index (χ0v) is 15.1. The van der Waals surface area contributed by atoms with Gasteiger partial charge in [0.2, 0.25) is 11.1 Å². The van der Waals surface area contributed by atoms with Gasteiger partial charge in [0.1, 0.15) is 0 Å². The van der Waals surface area contributed by atoms with Crippen LogP contribution in [0.25, 0.3) is 0 Å². The molecule has 2 aliphatic rings. The third-order valence-corrected chi connectivity index (χ3v) is 7.05. The third kappa shape index (κ3) is 4.25. The van der Waals surface area contributed by atoms with Gasteiger partial charge in [-0.1, -0.05) is 11.8 Å². The van der Waals surface area contributed by atoms with Gasteiger partial charge in [-0.05, 0) is 29.7 Å². The summed E-state index contributed by atoms with van der Waals surface area (Å²) >= 11 is 1.25. The highest BCUT2D eigenvalue weighted by Gasteiger charge is 2.36. The van der Waals surface area contributed by atoms with Gasteiger partial charge in [-0.2, -0.15) is 0 Å². The first-order chi connectivity index (χ1) is 11.4. The summed E-state index contributed by atoms with van der Waals surface area (Å²) in [6.45, 7) is 1.16. The van der Waals surface area contributed by atoms with E-state index in [9.17, 15) is 13.2 Å². The number of thioether (sulfide) groups is 1. The molecule has 0 bridgehead atoms. The minimum Gasteiger partial charge on any atom is -0.376 e. The number of hydrogen-bond acceptors (Lipinski definition) is 8. The van der Waals surface area contributed by atoms with Crippen LogP contribution in [0, 0.1) is 0 Å². The molecule has 0 radical (unpaired) electrons. The summed E-state index contributed by atoms with van der Waals surface area (Å²) in [4.78, 5) is 14.4. The van der Waals surface area contributed by atoms with Crippen LogP contribution in [0.2, 0.25) is 0 Å². The van der Waals surface area contributed by atoms with Crippen molar-refractivity contribution in [2.24, 2.45) is 7.05 Å². The largest absolute Gasteiger partial charge is 0.376 e. The molecule has 2 atom stereocenters. The van der Waals surface area contributed by atoms with E-state index in [4.69, 9.17) is 4.74 Å². The SMILES string of the molecule is Cn1nnnc1SCC(=O)N(CC1CCCO1)C1CCS(=O)(=O)C1. The monoisotopic (exact) mass is 375 g/mol. The quantitative estimate of drug-likeness (QED) is 0.612. The second kappa shape index (κ2) is 7.36. The molecule has 1 aromatic rings. The lowest BCUT2D eigenvalue weighted by Crippen LogP contribution is -2.46. The zero-order chi connectivity index (χ0) is 17.2. The van der Waals surface area contributed by atoms with E-state index in [1.807, 2.05) is 0 Å². The fraction of sp³-hybridized carbons (Fsp3) is 0.846. The van der Waals surface area contributed by atoms with E-state index in [0.717, 1.165) is 12.8 Å². The van der Waals surface area contributed by atoms with Crippen molar-refractivity contribution >= 4 is 27.5 Å². The number of aryl methyl sites for hydroxylation is 1. The minimum absolute atomic E-state index is 0.00116. The summed E-state index contributed by atoms with van der Waals surface area (Å²) in [6.07, 6.45) is 2.38. The van der Waals surface area contributed by atoms with E-state index in [1.54, 1.807) is 11.9 Å². The summed E-state index contributed by atoms with van der Waals surface area (Å²) in [5.74, 6) is 0.271. The minimum atomic E-state index is -3.05. The molecular weight excluding hydrogens is 354 g/mol. The number of hydrogen-bond donors (Lipinski definition) is 0. The fourth-order valence-electron chi connectivity index (χ4n) is 3.04. The fourth-order valence-corrected chi connectivity index (χ4v) is 5.50. The molecule has 24 heavy (non-hydrogen) atoms. The maximum atomic E-state index is 12.7. The highest BCUT2D eigenvalue weighted by atomic mass is 32.2. The number of sulfone groups is 1. The number of amides is 1. The topological polar surface area (TPSA) is 107 Å². The number of nitrogens with zero attached hydrogens (tertiary/aromatic N) is 5. The molecule has 0 spiro atoms. The molecule has 134 valence electrons. The molecule has 0 aliphatic carbocycles. The van der Waals surface area contributed by atoms with Crippen LogP contribution in [0.4, 0.5) is 0 Å². The van der Waals surface area contributed by atoms with Crippen LogP contribution in [0.1, 0.15) is 19.3 Å². The Bertz CT molecular complexity index is 686. The van der Waals surface area contributed by atoms with Crippen molar-refractivity contribution in [2.75, 3.05) is 30.4 Å². The van der Waals surface area contributed by atoms with Gasteiger partial charge in [-0.15, -0.1) is 5.10 Å². The van der Waals surface area contributed by atoms with Crippen molar-refractivity contribution in [3.05, 3.63) is 0 Å². The molecule has 3 heterocycles. The van der Waals surface area contributed by atoms with Crippen molar-refractivity contribution in [3.63, 3.8) is 0 Å². The average Bonchev–Trinajstić information content (AvgIpc) is 3.24. The number of ether oxygens (including phenoxy) is 1. The van der Waals surface area contributed by atoms with E-state index in [1.165, 1.54) is 16.4 Å². The van der Waals surface area contributed by atoms with Crippen molar-refractivity contribution < 1.29 is 17.9 Å². The molecule has 0 N–H and O–H groups in total. The number of tetrazole rings is 1. The average molecular weight is 375 g/mol. The highest BCUT2D eigenvalue weighted by Crippen LogP contribution is 2.23. The normalized spacial score (nSPS) is 25.9. The Morgan fingerprint density at radius 2 is 2.29 bits per heavy atom. The Hall–Kier alpha value is -1.20. The van der Waals surface area contributed by atoms with Crippen LogP contribution >= 0.6 is 11.8 Å². The maximum Gasteiger partial charge on any atom is 0.233 e. The first-order valence-corrected chi connectivity index (χ1v) is 10.7. The van der Waals surface area contributed by atoms with Crippen molar-refractivity contribution in [3.8, 4) is 0 Å². The maximum absolute atomic E-state index is 12.7. The van der Waals surface area contributed by atoms with E-state index in [-0.39, 0.29) is 35.3 Å². The molecule has 1 amide bonds. The second-order valence-electron chi connectivity index (χ2n) is 6.11. The number of carbonyl (C=O) groups is 1. The number of carbonyl (C=O) groups excluding carboxylic acids is 1. The summed E-state index contributed by atoms with van der Waals surface area (Å²) in [5, 5.41) is 11.7. The molecule has 2 unspecified atom stereocenters. The van der Waals surface area contributed by atoms with Gasteiger partial charge in [0.15, 0.2) is 9.84 Å². The van der Waals surface area contributed by atoms with Crippen molar-refractivity contribution in [1.29, 1.82) is 0 Å². The first kappa shape index (κ1) is 17.6. The van der Waals surface area contributed by atoms with E-state index >= 15 is 0 Å². The molecule has 0 aromatic carbocycles. The second-order valence-corrected chi connectivity index (χ2v) is 9.28. The Morgan fingerprint density at radius 3 is 2.88 bits per heavy atom. The van der Waals surface area contributed by atoms with E-state index < -0.39 is 9.84 Å². The first-order valence-electron chi connectivity index (χ1n) is 7.91. The van der Waals surface area contributed by atoms with Gasteiger partial charge in [-0.3, -0.25) is 4.79 Å². The summed E-state index contributed by atoms with van der Waals surface area (Å²) in [7, 11) is -1.34. The van der Waals surface area contributed by atoms with Gasteiger partial charge in [0.25, 0.3) is 0 Å². The van der Waals surface area contributed by atoms with Crippen LogP contribution in [-0.4, -0.2) is 82.0 Å². The van der Waals surface area contributed by atoms with Crippen LogP contribution in [0.15, 0.2) is 5.16 Å². The van der Waals surface area contributed by atoms with Gasteiger partial charge >= 0.3 is 0 Å². The van der Waals surface area contributed by atoms with Gasteiger partial charge in [0.05, 0.1) is 23.4 Å². The van der Waals surface area contributed by atoms with E-state index in [0.29, 0.717) is 24.7 Å². The molecule has 9 nitrogen and oxygen atoms in total. The lowest BCUT2D eigenvalue weighted by molar-refractivity contribution is -0.131. The van der Waals surface area contributed by atoms with Gasteiger partial charge < -0.3 is 9.64 Å². The molecule has 1 aromatic heterocycles. The Kier molecular flexibility index (Phi) is 5.40. The lowest BCUT2D eigenvalue weighted by atomic mass is 10.1. The standard InChI is InChI=1S/C13H21N5O4S2/c1-17-13(14-15-16-17)23-8-12(19)18(7-11-3-2-5-22-11)10-4-6-24(20,21)9-10/h10-11H,2-9H2,1H3. The zero-order valence-electron chi connectivity index (χ0n) is 13.5. The van der Waals surface area contributed by atoms with Crippen LogP contribution in [0.5, 0.6) is 0 Å². The summed E-state index contributed by atoms with van der Waals surface area (Å²) in [5.41, 5.74) is 0. The molecule has 2 saturated heterocycles.